The first-order chi connectivity index (χ1) is 10.3. The number of quaternary nitrogens is 1. The van der Waals surface area contributed by atoms with E-state index in [1.165, 1.54) is 11.1 Å². The molecule has 1 saturated heterocycles. The Balaban J connectivity index is 1.91. The van der Waals surface area contributed by atoms with Crippen LogP contribution in [0, 0.1) is 5.92 Å². The average Bonchev–Trinajstić information content (AvgIpc) is 2.55. The molecule has 0 unspecified atom stereocenters. The Labute approximate surface area is 126 Å². The van der Waals surface area contributed by atoms with Crippen molar-refractivity contribution in [1.82, 2.24) is 0 Å². The minimum Gasteiger partial charge on any atom is -0.333 e. The highest BCUT2D eigenvalue weighted by molar-refractivity contribution is 5.82. The fourth-order valence-electron chi connectivity index (χ4n) is 3.45. The molecule has 3 atom stereocenters. The van der Waals surface area contributed by atoms with Gasteiger partial charge < -0.3 is 5.32 Å². The Morgan fingerprint density at radius 1 is 0.952 bits per heavy atom. The molecule has 1 fully saturated rings. The Morgan fingerprint density at radius 3 is 2.10 bits per heavy atom. The Hall–Kier alpha value is -1.93. The van der Waals surface area contributed by atoms with Gasteiger partial charge in [0.2, 0.25) is 0 Å². The fraction of sp³-hybridized carbons (Fsp3) is 0.316. The van der Waals surface area contributed by atoms with E-state index in [0.717, 1.165) is 6.42 Å². The predicted octanol–water partition coefficient (Wildman–Crippen LogP) is 3.03. The summed E-state index contributed by atoms with van der Waals surface area (Å²) >= 11 is 0. The van der Waals surface area contributed by atoms with Gasteiger partial charge in [0.15, 0.2) is 0 Å². The van der Waals surface area contributed by atoms with Crippen molar-refractivity contribution in [1.29, 1.82) is 0 Å². The number of benzene rings is 2. The largest absolute Gasteiger partial charge is 0.333 e. The monoisotopic (exact) mass is 280 g/mol. The zero-order valence-electron chi connectivity index (χ0n) is 12.4. The molecule has 0 aliphatic carbocycles. The van der Waals surface area contributed by atoms with Crippen LogP contribution < -0.4 is 5.32 Å². The zero-order valence-corrected chi connectivity index (χ0v) is 12.4. The molecule has 1 aliphatic heterocycles. The molecule has 0 amide bonds. The topological polar surface area (TPSA) is 33.7 Å². The fourth-order valence-corrected chi connectivity index (χ4v) is 3.45. The summed E-state index contributed by atoms with van der Waals surface area (Å²) in [6.07, 6.45) is 1.56. The summed E-state index contributed by atoms with van der Waals surface area (Å²) in [7, 11) is 0. The molecule has 2 aromatic carbocycles. The van der Waals surface area contributed by atoms with E-state index in [-0.39, 0.29) is 18.0 Å². The molecule has 2 N–H and O–H groups in total. The van der Waals surface area contributed by atoms with E-state index < -0.39 is 0 Å². The molecule has 1 aliphatic rings. The van der Waals surface area contributed by atoms with E-state index >= 15 is 0 Å². The summed E-state index contributed by atoms with van der Waals surface area (Å²) in [6, 6.07) is 21.3. The number of nitrogens with two attached hydrogens (primary N) is 1. The van der Waals surface area contributed by atoms with E-state index in [1.54, 1.807) is 0 Å². The molecule has 2 heteroatoms. The third-order valence-corrected chi connectivity index (χ3v) is 4.56. The van der Waals surface area contributed by atoms with Crippen molar-refractivity contribution >= 4 is 5.78 Å². The standard InChI is InChI=1S/C19H21NO/c1-2-16-18(21)13-17(14-9-5-3-6-10-14)20-19(16)15-11-7-4-8-12-15/h3-12,16-17,19-20H,2,13H2,1H3/p+1/t16-,17+,19-/m1/s1. The van der Waals surface area contributed by atoms with E-state index in [0.29, 0.717) is 12.2 Å². The number of rotatable bonds is 3. The maximum absolute atomic E-state index is 12.6. The van der Waals surface area contributed by atoms with Crippen molar-refractivity contribution < 1.29 is 10.1 Å². The third kappa shape index (κ3) is 2.91. The summed E-state index contributed by atoms with van der Waals surface area (Å²) in [5.74, 6) is 0.537. The van der Waals surface area contributed by atoms with Crippen molar-refractivity contribution in [3.8, 4) is 0 Å². The predicted molar refractivity (Wildman–Crippen MR) is 83.7 cm³/mol. The smallest absolute Gasteiger partial charge is 0.148 e. The van der Waals surface area contributed by atoms with Crippen LogP contribution in [0.2, 0.25) is 0 Å². The zero-order chi connectivity index (χ0) is 14.7. The molecule has 1 heterocycles. The normalized spacial score (nSPS) is 25.8. The van der Waals surface area contributed by atoms with E-state index in [9.17, 15) is 4.79 Å². The van der Waals surface area contributed by atoms with Crippen molar-refractivity contribution in [2.75, 3.05) is 0 Å². The van der Waals surface area contributed by atoms with Gasteiger partial charge in [-0.2, -0.15) is 0 Å². The molecule has 21 heavy (non-hydrogen) atoms. The second-order valence-electron chi connectivity index (χ2n) is 5.83. The average molecular weight is 280 g/mol. The van der Waals surface area contributed by atoms with Crippen LogP contribution in [0.4, 0.5) is 0 Å². The molecule has 0 radical (unpaired) electrons. The van der Waals surface area contributed by atoms with Gasteiger partial charge in [-0.15, -0.1) is 0 Å². The highest BCUT2D eigenvalue weighted by Crippen LogP contribution is 2.30. The van der Waals surface area contributed by atoms with Gasteiger partial charge in [0, 0.05) is 11.1 Å². The quantitative estimate of drug-likeness (QED) is 0.921. The first-order valence-corrected chi connectivity index (χ1v) is 7.77. The molecule has 0 aromatic heterocycles. The molecule has 2 aromatic rings. The number of ketones is 1. The lowest BCUT2D eigenvalue weighted by Gasteiger charge is -2.33. The third-order valence-electron chi connectivity index (χ3n) is 4.56. The van der Waals surface area contributed by atoms with Gasteiger partial charge in [0.05, 0.1) is 12.3 Å². The van der Waals surface area contributed by atoms with E-state index in [1.807, 2.05) is 12.1 Å². The highest BCUT2D eigenvalue weighted by Gasteiger charge is 2.39. The summed E-state index contributed by atoms with van der Waals surface area (Å²) in [5, 5.41) is 2.39. The lowest BCUT2D eigenvalue weighted by molar-refractivity contribution is -0.743. The van der Waals surface area contributed by atoms with Gasteiger partial charge in [-0.05, 0) is 6.42 Å². The van der Waals surface area contributed by atoms with Crippen molar-refractivity contribution in [3.63, 3.8) is 0 Å². The SMILES string of the molecule is CC[C@@H]1C(=O)C[C@@H](c2ccccc2)[NH2+][C@@H]1c1ccccc1. The summed E-state index contributed by atoms with van der Waals surface area (Å²) < 4.78 is 0. The Kier molecular flexibility index (Phi) is 4.16. The van der Waals surface area contributed by atoms with Crippen LogP contribution in [-0.4, -0.2) is 5.78 Å². The second kappa shape index (κ2) is 6.23. The summed E-state index contributed by atoms with van der Waals surface area (Å²) in [4.78, 5) is 12.6. The first kappa shape index (κ1) is 14.0. The van der Waals surface area contributed by atoms with Crippen molar-refractivity contribution in [2.24, 2.45) is 5.92 Å². The van der Waals surface area contributed by atoms with Gasteiger partial charge >= 0.3 is 0 Å². The molecular formula is C19H22NO+. The Bertz CT molecular complexity index is 593. The maximum Gasteiger partial charge on any atom is 0.148 e. The van der Waals surface area contributed by atoms with Crippen LogP contribution in [0.1, 0.15) is 43.0 Å². The molecule has 3 rings (SSSR count). The van der Waals surface area contributed by atoms with Crippen LogP contribution in [0.25, 0.3) is 0 Å². The number of hydrogen-bond acceptors (Lipinski definition) is 1. The van der Waals surface area contributed by atoms with Gasteiger partial charge in [-0.25, -0.2) is 0 Å². The minimum atomic E-state index is 0.132. The van der Waals surface area contributed by atoms with Crippen LogP contribution in [0.3, 0.4) is 0 Å². The second-order valence-corrected chi connectivity index (χ2v) is 5.83. The molecule has 0 saturated carbocycles. The number of hydrogen-bond donors (Lipinski definition) is 1. The molecule has 108 valence electrons. The van der Waals surface area contributed by atoms with Crippen LogP contribution in [0.15, 0.2) is 60.7 Å². The van der Waals surface area contributed by atoms with Crippen molar-refractivity contribution in [2.45, 2.75) is 31.8 Å². The van der Waals surface area contributed by atoms with Crippen LogP contribution in [-0.2, 0) is 4.79 Å². The van der Waals surface area contributed by atoms with Gasteiger partial charge in [-0.1, -0.05) is 67.6 Å². The number of carbonyl (C=O) groups is 1. The molecule has 0 spiro atoms. The van der Waals surface area contributed by atoms with Crippen molar-refractivity contribution in [3.05, 3.63) is 71.8 Å². The first-order valence-electron chi connectivity index (χ1n) is 7.77. The molecule has 0 bridgehead atoms. The van der Waals surface area contributed by atoms with Gasteiger partial charge in [0.1, 0.15) is 17.9 Å². The summed E-state index contributed by atoms with van der Waals surface area (Å²) in [6.45, 7) is 2.12. The lowest BCUT2D eigenvalue weighted by atomic mass is 9.79. The number of piperidine rings is 1. The molecule has 2 nitrogen and oxygen atoms in total. The summed E-state index contributed by atoms with van der Waals surface area (Å²) in [5.41, 5.74) is 2.51. The lowest BCUT2D eigenvalue weighted by Crippen LogP contribution is -2.90. The van der Waals surface area contributed by atoms with E-state index in [2.05, 4.69) is 60.8 Å². The molecular weight excluding hydrogens is 258 g/mol. The number of carbonyl (C=O) groups excluding carboxylic acids is 1. The Morgan fingerprint density at radius 2 is 1.52 bits per heavy atom. The van der Waals surface area contributed by atoms with E-state index in [4.69, 9.17) is 0 Å². The van der Waals surface area contributed by atoms with Gasteiger partial charge in [-0.3, -0.25) is 4.79 Å². The number of Topliss-reactive ketones (excluding diaryl/α,β-unsaturated/α-hetero) is 1. The maximum atomic E-state index is 12.6. The minimum absolute atomic E-state index is 0.132. The van der Waals surface area contributed by atoms with Gasteiger partial charge in [0.25, 0.3) is 0 Å². The van der Waals surface area contributed by atoms with Crippen LogP contribution >= 0.6 is 0 Å². The highest BCUT2D eigenvalue weighted by atomic mass is 16.1. The van der Waals surface area contributed by atoms with Crippen LogP contribution in [0.5, 0.6) is 0 Å².